The maximum Gasteiger partial charge on any atom is 0.229 e. The summed E-state index contributed by atoms with van der Waals surface area (Å²) >= 11 is 0. The molecule has 1 N–H and O–H groups in total. The minimum Gasteiger partial charge on any atom is -0.326 e. The van der Waals surface area contributed by atoms with Crippen molar-refractivity contribution < 1.29 is 18.4 Å². The van der Waals surface area contributed by atoms with E-state index in [4.69, 9.17) is 0 Å². The van der Waals surface area contributed by atoms with Gasteiger partial charge in [0.15, 0.2) is 0 Å². The first-order valence-corrected chi connectivity index (χ1v) is 8.52. The van der Waals surface area contributed by atoms with Crippen LogP contribution in [0.1, 0.15) is 31.7 Å². The predicted octanol–water partition coefficient (Wildman–Crippen LogP) is 4.08. The fraction of sp³-hybridized carbons (Fsp3) is 0.300. The zero-order valence-corrected chi connectivity index (χ0v) is 14.6. The number of halogens is 2. The zero-order chi connectivity index (χ0) is 18.8. The molecule has 1 saturated heterocycles. The van der Waals surface area contributed by atoms with E-state index in [9.17, 15) is 18.4 Å². The van der Waals surface area contributed by atoms with Gasteiger partial charge in [-0.3, -0.25) is 9.59 Å². The molecule has 1 aliphatic heterocycles. The number of rotatable bonds is 4. The molecular weight excluding hydrogens is 338 g/mol. The second-order valence-corrected chi connectivity index (χ2v) is 6.71. The zero-order valence-electron chi connectivity index (χ0n) is 14.6. The monoisotopic (exact) mass is 358 g/mol. The third-order valence-electron chi connectivity index (χ3n) is 4.54. The molecule has 2 aromatic rings. The number of anilines is 2. The molecule has 1 fully saturated rings. The van der Waals surface area contributed by atoms with Crippen molar-refractivity contribution in [3.05, 3.63) is 59.7 Å². The van der Waals surface area contributed by atoms with Gasteiger partial charge < -0.3 is 10.2 Å². The smallest absolute Gasteiger partial charge is 0.229 e. The van der Waals surface area contributed by atoms with E-state index in [-0.39, 0.29) is 24.8 Å². The van der Waals surface area contributed by atoms with E-state index in [0.717, 1.165) is 22.6 Å². The van der Waals surface area contributed by atoms with Crippen LogP contribution in [0, 0.1) is 17.6 Å². The summed E-state index contributed by atoms with van der Waals surface area (Å²) in [5, 5.41) is 2.85. The number of nitrogens with zero attached hydrogens (tertiary/aromatic N) is 1. The van der Waals surface area contributed by atoms with Crippen LogP contribution in [0.15, 0.2) is 42.5 Å². The van der Waals surface area contributed by atoms with Crippen LogP contribution in [0.3, 0.4) is 0 Å². The van der Waals surface area contributed by atoms with Crippen LogP contribution in [0.4, 0.5) is 20.2 Å². The minimum absolute atomic E-state index is 0.0492. The molecule has 0 spiro atoms. The fourth-order valence-electron chi connectivity index (χ4n) is 3.20. The molecule has 3 rings (SSSR count). The highest BCUT2D eigenvalue weighted by molar-refractivity contribution is 6.03. The third-order valence-corrected chi connectivity index (χ3v) is 4.54. The van der Waals surface area contributed by atoms with Gasteiger partial charge in [0.25, 0.3) is 0 Å². The normalized spacial score (nSPS) is 17.0. The topological polar surface area (TPSA) is 49.4 Å². The van der Waals surface area contributed by atoms with Crippen molar-refractivity contribution in [2.45, 2.75) is 26.2 Å². The molecule has 1 unspecified atom stereocenters. The van der Waals surface area contributed by atoms with Gasteiger partial charge in [-0.05, 0) is 29.7 Å². The summed E-state index contributed by atoms with van der Waals surface area (Å²) in [5.41, 5.74) is 1.29. The van der Waals surface area contributed by atoms with Crippen LogP contribution >= 0.6 is 0 Å². The fourth-order valence-corrected chi connectivity index (χ4v) is 3.20. The van der Waals surface area contributed by atoms with Crippen LogP contribution in [0.25, 0.3) is 0 Å². The number of nitrogens with one attached hydrogen (secondary N) is 1. The number of carbonyl (C=O) groups is 2. The van der Waals surface area contributed by atoms with E-state index >= 15 is 0 Å². The van der Waals surface area contributed by atoms with E-state index in [1.807, 2.05) is 32.0 Å². The number of amides is 2. The molecule has 0 bridgehead atoms. The molecular formula is C20H20F2N2O2. The molecule has 0 aliphatic carbocycles. The summed E-state index contributed by atoms with van der Waals surface area (Å²) in [6.07, 6.45) is -0.0799. The second-order valence-electron chi connectivity index (χ2n) is 6.71. The molecule has 1 heterocycles. The minimum atomic E-state index is -0.815. The van der Waals surface area contributed by atoms with Gasteiger partial charge in [-0.25, -0.2) is 8.78 Å². The number of para-hydroxylation sites is 2. The van der Waals surface area contributed by atoms with Crippen LogP contribution in [-0.4, -0.2) is 18.4 Å². The van der Waals surface area contributed by atoms with Gasteiger partial charge in [0, 0.05) is 18.7 Å². The average Bonchev–Trinajstić information content (AvgIpc) is 2.97. The van der Waals surface area contributed by atoms with E-state index in [1.165, 1.54) is 6.07 Å². The van der Waals surface area contributed by atoms with Gasteiger partial charge in [-0.2, -0.15) is 0 Å². The Labute approximate surface area is 150 Å². The highest BCUT2D eigenvalue weighted by Gasteiger charge is 2.37. The van der Waals surface area contributed by atoms with Crippen molar-refractivity contribution in [1.82, 2.24) is 0 Å². The number of benzene rings is 2. The molecule has 6 heteroatoms. The highest BCUT2D eigenvalue weighted by Crippen LogP contribution is 2.31. The van der Waals surface area contributed by atoms with Crippen molar-refractivity contribution in [2.75, 3.05) is 16.8 Å². The van der Waals surface area contributed by atoms with Crippen molar-refractivity contribution in [3.8, 4) is 0 Å². The van der Waals surface area contributed by atoms with E-state index in [1.54, 1.807) is 6.07 Å². The molecule has 26 heavy (non-hydrogen) atoms. The molecule has 1 atom stereocenters. The lowest BCUT2D eigenvalue weighted by Crippen LogP contribution is -2.29. The Morgan fingerprint density at radius 3 is 2.42 bits per heavy atom. The van der Waals surface area contributed by atoms with E-state index in [2.05, 4.69) is 5.32 Å². The largest absolute Gasteiger partial charge is 0.326 e. The molecule has 0 saturated carbocycles. The van der Waals surface area contributed by atoms with Gasteiger partial charge >= 0.3 is 0 Å². The second kappa shape index (κ2) is 7.23. The Hall–Kier alpha value is -2.76. The SMILES string of the molecule is CC(C)c1ccccc1NC(=O)C1CC(=O)N(c2c(F)cccc2F)C1. The van der Waals surface area contributed by atoms with Crippen molar-refractivity contribution in [3.63, 3.8) is 0 Å². The van der Waals surface area contributed by atoms with Crippen LogP contribution in [0.2, 0.25) is 0 Å². The first-order valence-electron chi connectivity index (χ1n) is 8.52. The Morgan fingerprint density at radius 2 is 1.77 bits per heavy atom. The Bertz CT molecular complexity index is 831. The Balaban J connectivity index is 1.78. The highest BCUT2D eigenvalue weighted by atomic mass is 19.1. The van der Waals surface area contributed by atoms with Crippen LogP contribution in [-0.2, 0) is 9.59 Å². The molecule has 0 radical (unpaired) electrons. The first-order chi connectivity index (χ1) is 12.4. The Kier molecular flexibility index (Phi) is 5.02. The van der Waals surface area contributed by atoms with Gasteiger partial charge in [0.05, 0.1) is 5.92 Å². The summed E-state index contributed by atoms with van der Waals surface area (Å²) in [4.78, 5) is 25.9. The molecule has 4 nitrogen and oxygen atoms in total. The summed E-state index contributed by atoms with van der Waals surface area (Å²) in [7, 11) is 0. The summed E-state index contributed by atoms with van der Waals surface area (Å²) in [5.74, 6) is -2.87. The third kappa shape index (κ3) is 3.45. The number of carbonyl (C=O) groups excluding carboxylic acids is 2. The van der Waals surface area contributed by atoms with Gasteiger partial charge in [0.1, 0.15) is 17.3 Å². The molecule has 136 valence electrons. The lowest BCUT2D eigenvalue weighted by Gasteiger charge is -2.19. The summed E-state index contributed by atoms with van der Waals surface area (Å²) in [6, 6.07) is 10.9. The lowest BCUT2D eigenvalue weighted by molar-refractivity contribution is -0.122. The van der Waals surface area contributed by atoms with Crippen LogP contribution in [0.5, 0.6) is 0 Å². The Morgan fingerprint density at radius 1 is 1.12 bits per heavy atom. The van der Waals surface area contributed by atoms with Gasteiger partial charge in [-0.15, -0.1) is 0 Å². The van der Waals surface area contributed by atoms with Crippen molar-refractivity contribution in [1.29, 1.82) is 0 Å². The van der Waals surface area contributed by atoms with Gasteiger partial charge in [0.2, 0.25) is 11.8 Å². The predicted molar refractivity (Wildman–Crippen MR) is 96.0 cm³/mol. The standard InChI is InChI=1S/C20H20F2N2O2/c1-12(2)14-6-3-4-9-17(14)23-20(26)13-10-18(25)24(11-13)19-15(21)7-5-8-16(19)22/h3-9,12-13H,10-11H2,1-2H3,(H,23,26). The molecule has 1 aliphatic rings. The summed E-state index contributed by atoms with van der Waals surface area (Å²) < 4.78 is 27.9. The summed E-state index contributed by atoms with van der Waals surface area (Å²) in [6.45, 7) is 3.99. The van der Waals surface area contributed by atoms with Gasteiger partial charge in [-0.1, -0.05) is 38.1 Å². The molecule has 2 amide bonds. The maximum atomic E-state index is 14.0. The van der Waals surface area contributed by atoms with E-state index < -0.39 is 29.1 Å². The van der Waals surface area contributed by atoms with E-state index in [0.29, 0.717) is 5.69 Å². The lowest BCUT2D eigenvalue weighted by atomic mass is 10.0. The average molecular weight is 358 g/mol. The van der Waals surface area contributed by atoms with Crippen molar-refractivity contribution >= 4 is 23.2 Å². The maximum absolute atomic E-state index is 14.0. The molecule has 2 aromatic carbocycles. The quantitative estimate of drug-likeness (QED) is 0.895. The molecule has 0 aromatic heterocycles. The first kappa shape index (κ1) is 18.0. The number of hydrogen-bond donors (Lipinski definition) is 1. The van der Waals surface area contributed by atoms with Crippen LogP contribution < -0.4 is 10.2 Å². The van der Waals surface area contributed by atoms with Crippen molar-refractivity contribution in [2.24, 2.45) is 5.92 Å². The number of hydrogen-bond acceptors (Lipinski definition) is 2.